The summed E-state index contributed by atoms with van der Waals surface area (Å²) in [6.45, 7) is 5.14. The number of guanidine groups is 1. The third kappa shape index (κ3) is 18.4. The van der Waals surface area contributed by atoms with Crippen molar-refractivity contribution in [3.8, 4) is 5.75 Å². The van der Waals surface area contributed by atoms with Crippen molar-refractivity contribution in [2.45, 2.75) is 152 Å². The first-order valence-electron chi connectivity index (χ1n) is 27.2. The number of unbranched alkanes of at least 4 members (excludes halogenated alkanes) is 1. The van der Waals surface area contributed by atoms with Crippen LogP contribution in [0.25, 0.3) is 10.9 Å². The molecule has 18 N–H and O–H groups in total. The Balaban J connectivity index is 1.42. The number of aromatic hydroxyl groups is 1. The smallest absolute Gasteiger partial charge is 0.328 e. The summed E-state index contributed by atoms with van der Waals surface area (Å²) in [7, 11) is 0. The number of amides is 8. The van der Waals surface area contributed by atoms with E-state index in [-0.39, 0.29) is 82.2 Å². The van der Waals surface area contributed by atoms with Gasteiger partial charge in [-0.05, 0) is 113 Å². The lowest BCUT2D eigenvalue weighted by Crippen LogP contribution is -2.60. The molecule has 2 saturated heterocycles. The molecule has 5 rings (SSSR count). The van der Waals surface area contributed by atoms with Gasteiger partial charge in [-0.15, -0.1) is 0 Å². The fraction of sp³-hybridized carbons (Fsp3) is 0.556. The first kappa shape index (κ1) is 63.0. The molecule has 0 bridgehead atoms. The van der Waals surface area contributed by atoms with E-state index in [0.717, 1.165) is 10.9 Å². The monoisotopic (exact) mass is 1120 g/mol. The Morgan fingerprint density at radius 2 is 1.32 bits per heavy atom. The molecule has 9 atom stereocenters. The molecule has 80 heavy (non-hydrogen) atoms. The highest BCUT2D eigenvalue weighted by Gasteiger charge is 2.42. The van der Waals surface area contributed by atoms with Crippen molar-refractivity contribution in [3.05, 3.63) is 65.9 Å². The summed E-state index contributed by atoms with van der Waals surface area (Å²) < 4.78 is 0. The summed E-state index contributed by atoms with van der Waals surface area (Å²) in [5, 5.41) is 46.5. The van der Waals surface area contributed by atoms with Crippen LogP contribution in [0.15, 0.2) is 59.7 Å². The minimum Gasteiger partial charge on any atom is -0.508 e. The molecular formula is C54H80N14O12. The van der Waals surface area contributed by atoms with Crippen LogP contribution >= 0.6 is 0 Å². The van der Waals surface area contributed by atoms with Gasteiger partial charge in [-0.1, -0.05) is 44.2 Å². The number of carboxylic acid groups (broad SMARTS) is 1. The number of nitrogens with zero attached hydrogens (tertiary/aromatic N) is 3. The molecule has 438 valence electrons. The van der Waals surface area contributed by atoms with E-state index < -0.39 is 114 Å². The fourth-order valence-electron chi connectivity index (χ4n) is 9.94. The average molecular weight is 1120 g/mol. The van der Waals surface area contributed by atoms with Crippen LogP contribution in [0.1, 0.15) is 96.1 Å². The number of para-hydroxylation sites is 1. The van der Waals surface area contributed by atoms with Crippen LogP contribution in [0, 0.1) is 5.92 Å². The number of aliphatic hydroxyl groups is 1. The third-order valence-corrected chi connectivity index (χ3v) is 14.1. The largest absolute Gasteiger partial charge is 0.508 e. The van der Waals surface area contributed by atoms with Crippen molar-refractivity contribution in [1.82, 2.24) is 46.7 Å². The molecular weight excluding hydrogens is 1040 g/mol. The number of phenols is 1. The van der Waals surface area contributed by atoms with E-state index in [2.05, 4.69) is 41.9 Å². The van der Waals surface area contributed by atoms with Crippen molar-refractivity contribution in [2.24, 2.45) is 33.8 Å². The molecule has 0 radical (unpaired) electrons. The summed E-state index contributed by atoms with van der Waals surface area (Å²) in [4.78, 5) is 134. The molecule has 1 aromatic heterocycles. The lowest BCUT2D eigenvalue weighted by atomic mass is 10.0. The number of benzene rings is 2. The molecule has 8 amide bonds. The number of carbonyl (C=O) groups excluding carboxylic acids is 8. The van der Waals surface area contributed by atoms with Crippen molar-refractivity contribution in [2.75, 3.05) is 32.7 Å². The lowest BCUT2D eigenvalue weighted by Gasteiger charge is -2.31. The van der Waals surface area contributed by atoms with Crippen LogP contribution < -0.4 is 54.8 Å². The number of aromatic nitrogens is 1. The van der Waals surface area contributed by atoms with Crippen LogP contribution in [0.4, 0.5) is 0 Å². The van der Waals surface area contributed by atoms with Crippen molar-refractivity contribution < 1.29 is 58.5 Å². The average Bonchev–Trinajstić information content (AvgIpc) is 4.26. The molecule has 0 spiro atoms. The quantitative estimate of drug-likeness (QED) is 0.0199. The second-order valence-corrected chi connectivity index (χ2v) is 20.9. The molecule has 2 aromatic carbocycles. The van der Waals surface area contributed by atoms with E-state index >= 15 is 0 Å². The Bertz CT molecular complexity index is 2660. The maximum absolute atomic E-state index is 14.9. The maximum Gasteiger partial charge on any atom is 0.328 e. The number of carboxylic acids is 1. The first-order chi connectivity index (χ1) is 38.1. The number of nitrogens with two attached hydrogens (primary N) is 4. The number of hydrogen-bond acceptors (Lipinski definition) is 14. The second kappa shape index (κ2) is 30.5. The Labute approximate surface area is 464 Å². The van der Waals surface area contributed by atoms with E-state index in [1.807, 2.05) is 32.0 Å². The minimum absolute atomic E-state index is 0.0298. The topological polar surface area (TPSA) is 425 Å². The van der Waals surface area contributed by atoms with E-state index in [1.54, 1.807) is 12.3 Å². The first-order valence-corrected chi connectivity index (χ1v) is 27.2. The van der Waals surface area contributed by atoms with Crippen LogP contribution in [0.2, 0.25) is 0 Å². The van der Waals surface area contributed by atoms with Gasteiger partial charge < -0.3 is 84.9 Å². The summed E-state index contributed by atoms with van der Waals surface area (Å²) in [6.07, 6.45) is 2.67. The molecule has 0 unspecified atom stereocenters. The molecule has 2 fully saturated rings. The van der Waals surface area contributed by atoms with E-state index in [0.29, 0.717) is 49.8 Å². The van der Waals surface area contributed by atoms with Gasteiger partial charge in [0.2, 0.25) is 47.3 Å². The predicted octanol–water partition coefficient (Wildman–Crippen LogP) is -1.80. The number of nitrogens with one attached hydrogen (secondary N) is 7. The number of rotatable bonds is 30. The highest BCUT2D eigenvalue weighted by Crippen LogP contribution is 2.24. The van der Waals surface area contributed by atoms with E-state index in [9.17, 15) is 58.5 Å². The van der Waals surface area contributed by atoms with Gasteiger partial charge in [-0.25, -0.2) is 4.79 Å². The Morgan fingerprint density at radius 3 is 1.94 bits per heavy atom. The summed E-state index contributed by atoms with van der Waals surface area (Å²) in [5.74, 6) is -7.23. The Kier molecular flexibility index (Phi) is 24.0. The number of likely N-dealkylation sites (tertiary alicyclic amines) is 2. The minimum atomic E-state index is -1.67. The van der Waals surface area contributed by atoms with Crippen LogP contribution in [0.3, 0.4) is 0 Å². The number of aliphatic hydroxyl groups excluding tert-OH is 1. The van der Waals surface area contributed by atoms with Crippen molar-refractivity contribution in [3.63, 3.8) is 0 Å². The van der Waals surface area contributed by atoms with Gasteiger partial charge >= 0.3 is 5.97 Å². The lowest BCUT2D eigenvalue weighted by molar-refractivity contribution is -0.147. The highest BCUT2D eigenvalue weighted by molar-refractivity contribution is 5.98. The molecule has 2 aliphatic rings. The number of aliphatic imine (C=N–C) groups is 1. The summed E-state index contributed by atoms with van der Waals surface area (Å²) in [6, 6.07) is 3.09. The van der Waals surface area contributed by atoms with E-state index in [4.69, 9.17) is 22.9 Å². The predicted molar refractivity (Wildman–Crippen MR) is 296 cm³/mol. The highest BCUT2D eigenvalue weighted by atomic mass is 16.4. The Morgan fingerprint density at radius 1 is 0.725 bits per heavy atom. The van der Waals surface area contributed by atoms with Gasteiger partial charge in [0.25, 0.3) is 0 Å². The summed E-state index contributed by atoms with van der Waals surface area (Å²) >= 11 is 0. The normalized spacial score (nSPS) is 17.7. The van der Waals surface area contributed by atoms with E-state index in [1.165, 1.54) is 41.0 Å². The zero-order chi connectivity index (χ0) is 58.6. The molecule has 0 aliphatic carbocycles. The number of phenolic OH excluding ortho intramolecular Hbond substituents is 1. The summed E-state index contributed by atoms with van der Waals surface area (Å²) in [5.41, 5.74) is 24.8. The standard InChI is InChI=1S/C54H80N14O12/c1-30(2)25-36(56)46(72)61-29-44(71)62-39(13-6-7-21-55)51(77)67-23-9-15-42(67)49(75)64-40(27-33-28-60-37-12-5-4-11-35(33)37)48(74)63-38(14-8-22-59-54(57)58)47(73)65-41(26-32-17-19-34(70)20-18-32)52(78)68-24-10-16-43(68)50(76)66-45(31(3)69)53(79)80/h4-5,11-12,17-20,28,30-31,36,38-43,45,60,69-70H,6-10,13-16,21-27,29,55-56H2,1-3H3,(H,61,72)(H,62,71)(H,63,74)(H,64,75)(H,65,73)(H,66,76)(H,79,80)(H4,57,58,59)/t31-,36+,38+,39+,40+,41+,42+,43+,45+/m1/s1. The SMILES string of the molecule is CC(C)C[C@H](N)C(=O)NCC(=O)N[C@@H](CCCCN)C(=O)N1CCC[C@H]1C(=O)N[C@@H](Cc1c[nH]c2ccccc12)C(=O)N[C@@H](CCCN=C(N)N)C(=O)N[C@@H](Cc1ccc(O)cc1)C(=O)N1CCC[C@H]1C(=O)N[C@H](C(=O)O)[C@@H](C)O. The molecule has 3 heterocycles. The molecule has 0 saturated carbocycles. The number of carbonyl (C=O) groups is 9. The number of fused-ring (bicyclic) bond motifs is 1. The number of H-pyrrole nitrogens is 1. The number of aromatic amines is 1. The van der Waals surface area contributed by atoms with Gasteiger partial charge in [0, 0.05) is 49.6 Å². The molecule has 2 aliphatic heterocycles. The fourth-order valence-corrected chi connectivity index (χ4v) is 9.94. The third-order valence-electron chi connectivity index (χ3n) is 14.1. The molecule has 3 aromatic rings. The van der Waals surface area contributed by atoms with Gasteiger partial charge in [-0.2, -0.15) is 0 Å². The van der Waals surface area contributed by atoms with Crippen molar-refractivity contribution >= 4 is 70.1 Å². The van der Waals surface area contributed by atoms with Crippen LogP contribution in [-0.2, 0) is 56.0 Å². The maximum atomic E-state index is 14.9. The van der Waals surface area contributed by atoms with Gasteiger partial charge in [-0.3, -0.25) is 43.3 Å². The van der Waals surface area contributed by atoms with Crippen LogP contribution in [0.5, 0.6) is 5.75 Å². The van der Waals surface area contributed by atoms with Gasteiger partial charge in [0.1, 0.15) is 42.0 Å². The zero-order valence-electron chi connectivity index (χ0n) is 45.7. The van der Waals surface area contributed by atoms with Gasteiger partial charge in [0.15, 0.2) is 12.0 Å². The second-order valence-electron chi connectivity index (χ2n) is 20.9. The molecule has 26 heteroatoms. The number of aliphatic carboxylic acids is 1. The number of hydrogen-bond donors (Lipinski definition) is 14. The molecule has 26 nitrogen and oxygen atoms in total. The van der Waals surface area contributed by atoms with Crippen molar-refractivity contribution in [1.29, 1.82) is 0 Å². The van der Waals surface area contributed by atoms with Crippen LogP contribution in [-0.4, -0.2) is 176 Å². The zero-order valence-corrected chi connectivity index (χ0v) is 45.7. The van der Waals surface area contributed by atoms with Gasteiger partial charge in [0.05, 0.1) is 18.7 Å². The Hall–Kier alpha value is -7.84.